The lowest BCUT2D eigenvalue weighted by Gasteiger charge is -2.26. The van der Waals surface area contributed by atoms with Crippen molar-refractivity contribution in [2.24, 2.45) is 10.7 Å². The highest BCUT2D eigenvalue weighted by Crippen LogP contribution is 2.39. The van der Waals surface area contributed by atoms with Gasteiger partial charge in [-0.2, -0.15) is 0 Å². The standard InChI is InChI=1S/C22H19ClN2O/c1-15-5-2-8-18(11-15)22(14-26-21(24)25-22)19-9-3-6-16(12-19)17-7-4-10-20(23)13-17/h2-13H,14H2,1H3,(H2,24,25). The molecule has 0 spiro atoms. The summed E-state index contributed by atoms with van der Waals surface area (Å²) in [4.78, 5) is 4.70. The summed E-state index contributed by atoms with van der Waals surface area (Å²) in [6.07, 6.45) is 0. The van der Waals surface area contributed by atoms with E-state index in [2.05, 4.69) is 43.3 Å². The van der Waals surface area contributed by atoms with E-state index in [4.69, 9.17) is 27.1 Å². The average Bonchev–Trinajstić information content (AvgIpc) is 3.05. The normalized spacial score (nSPS) is 19.1. The highest BCUT2D eigenvalue weighted by atomic mass is 35.5. The molecule has 0 radical (unpaired) electrons. The van der Waals surface area contributed by atoms with Crippen LogP contribution in [0.15, 0.2) is 77.8 Å². The van der Waals surface area contributed by atoms with Gasteiger partial charge in [-0.05, 0) is 47.4 Å². The lowest BCUT2D eigenvalue weighted by molar-refractivity contribution is 0.278. The summed E-state index contributed by atoms with van der Waals surface area (Å²) in [6, 6.07) is 24.7. The van der Waals surface area contributed by atoms with Crippen LogP contribution in [-0.2, 0) is 10.3 Å². The molecule has 0 saturated heterocycles. The maximum absolute atomic E-state index is 6.16. The fourth-order valence-electron chi connectivity index (χ4n) is 3.42. The van der Waals surface area contributed by atoms with Gasteiger partial charge in [0.1, 0.15) is 6.61 Å². The SMILES string of the molecule is Cc1cccc(C2(c3cccc(-c4cccc(Cl)c4)c3)COC(N)=N2)c1. The molecule has 4 rings (SSSR count). The molecular formula is C22H19ClN2O. The zero-order valence-electron chi connectivity index (χ0n) is 14.4. The maximum atomic E-state index is 6.16. The predicted molar refractivity (Wildman–Crippen MR) is 106 cm³/mol. The molecule has 0 aromatic heterocycles. The van der Waals surface area contributed by atoms with Gasteiger partial charge in [-0.1, -0.05) is 71.8 Å². The molecule has 130 valence electrons. The number of hydrogen-bond donors (Lipinski definition) is 1. The van der Waals surface area contributed by atoms with E-state index in [1.807, 2.05) is 36.4 Å². The number of amidine groups is 1. The summed E-state index contributed by atoms with van der Waals surface area (Å²) in [5.74, 6) is 0. The van der Waals surface area contributed by atoms with E-state index in [1.165, 1.54) is 5.56 Å². The summed E-state index contributed by atoms with van der Waals surface area (Å²) < 4.78 is 5.59. The minimum atomic E-state index is -0.634. The van der Waals surface area contributed by atoms with Crippen LogP contribution >= 0.6 is 11.6 Å². The van der Waals surface area contributed by atoms with Crippen LogP contribution in [0.25, 0.3) is 11.1 Å². The fourth-order valence-corrected chi connectivity index (χ4v) is 3.61. The first kappa shape index (κ1) is 16.7. The van der Waals surface area contributed by atoms with Crippen molar-refractivity contribution in [1.29, 1.82) is 0 Å². The summed E-state index contributed by atoms with van der Waals surface area (Å²) in [5, 5.41) is 0.716. The van der Waals surface area contributed by atoms with Crippen LogP contribution in [0.4, 0.5) is 0 Å². The number of hydrogen-bond acceptors (Lipinski definition) is 3. The molecule has 2 N–H and O–H groups in total. The molecular weight excluding hydrogens is 344 g/mol. The summed E-state index contributed by atoms with van der Waals surface area (Å²) in [7, 11) is 0. The third-order valence-corrected chi connectivity index (χ3v) is 4.96. The van der Waals surface area contributed by atoms with Gasteiger partial charge in [-0.25, -0.2) is 4.99 Å². The summed E-state index contributed by atoms with van der Waals surface area (Å²) >= 11 is 6.16. The quantitative estimate of drug-likeness (QED) is 0.720. The van der Waals surface area contributed by atoms with Crippen molar-refractivity contribution in [2.45, 2.75) is 12.5 Å². The molecule has 3 nitrogen and oxygen atoms in total. The van der Waals surface area contributed by atoms with Crippen LogP contribution in [-0.4, -0.2) is 12.6 Å². The van der Waals surface area contributed by atoms with Gasteiger partial charge in [-0.3, -0.25) is 0 Å². The van der Waals surface area contributed by atoms with E-state index >= 15 is 0 Å². The zero-order valence-corrected chi connectivity index (χ0v) is 15.2. The molecule has 4 heteroatoms. The average molecular weight is 363 g/mol. The molecule has 0 amide bonds. The van der Waals surface area contributed by atoms with Gasteiger partial charge in [0, 0.05) is 5.02 Å². The molecule has 1 heterocycles. The van der Waals surface area contributed by atoms with Gasteiger partial charge in [-0.15, -0.1) is 0 Å². The predicted octanol–water partition coefficient (Wildman–Crippen LogP) is 4.90. The van der Waals surface area contributed by atoms with Crippen LogP contribution < -0.4 is 5.73 Å². The number of aryl methyl sites for hydroxylation is 1. The second-order valence-electron chi connectivity index (χ2n) is 6.56. The van der Waals surface area contributed by atoms with Crippen molar-refractivity contribution in [3.63, 3.8) is 0 Å². The number of aliphatic imine (C=N–C) groups is 1. The first-order valence-corrected chi connectivity index (χ1v) is 8.86. The van der Waals surface area contributed by atoms with Crippen LogP contribution in [0.2, 0.25) is 5.02 Å². The van der Waals surface area contributed by atoms with Crippen molar-refractivity contribution < 1.29 is 4.74 Å². The van der Waals surface area contributed by atoms with Crippen LogP contribution in [0.5, 0.6) is 0 Å². The monoisotopic (exact) mass is 362 g/mol. The molecule has 3 aromatic carbocycles. The Labute approximate surface area is 158 Å². The van der Waals surface area contributed by atoms with Gasteiger partial charge in [0.2, 0.25) is 0 Å². The molecule has 0 bridgehead atoms. The second-order valence-corrected chi connectivity index (χ2v) is 7.00. The Hall–Kier alpha value is -2.78. The third kappa shape index (κ3) is 2.95. The fraction of sp³-hybridized carbons (Fsp3) is 0.136. The first-order valence-electron chi connectivity index (χ1n) is 8.49. The molecule has 0 aliphatic carbocycles. The maximum Gasteiger partial charge on any atom is 0.283 e. The van der Waals surface area contributed by atoms with Crippen molar-refractivity contribution in [2.75, 3.05) is 6.61 Å². The van der Waals surface area contributed by atoms with E-state index in [0.717, 1.165) is 22.3 Å². The molecule has 0 fully saturated rings. The van der Waals surface area contributed by atoms with Crippen molar-refractivity contribution in [3.05, 3.63) is 94.5 Å². The van der Waals surface area contributed by atoms with Gasteiger partial charge in [0.15, 0.2) is 5.54 Å². The molecule has 1 atom stereocenters. The van der Waals surface area contributed by atoms with Gasteiger partial charge < -0.3 is 10.5 Å². The summed E-state index contributed by atoms with van der Waals surface area (Å²) in [6.45, 7) is 2.46. The smallest absolute Gasteiger partial charge is 0.283 e. The van der Waals surface area contributed by atoms with Gasteiger partial charge >= 0.3 is 0 Å². The first-order chi connectivity index (χ1) is 12.6. The number of halogens is 1. The van der Waals surface area contributed by atoms with E-state index < -0.39 is 5.54 Å². The van der Waals surface area contributed by atoms with Gasteiger partial charge in [0.25, 0.3) is 6.02 Å². The second kappa shape index (κ2) is 6.50. The Morgan fingerprint density at radius 3 is 2.23 bits per heavy atom. The van der Waals surface area contributed by atoms with E-state index in [9.17, 15) is 0 Å². The van der Waals surface area contributed by atoms with Gasteiger partial charge in [0.05, 0.1) is 0 Å². The Bertz CT molecular complexity index is 999. The number of nitrogens with two attached hydrogens (primary N) is 1. The van der Waals surface area contributed by atoms with Crippen LogP contribution in [0, 0.1) is 6.92 Å². The highest BCUT2D eigenvalue weighted by molar-refractivity contribution is 6.30. The molecule has 0 saturated carbocycles. The Kier molecular flexibility index (Phi) is 4.17. The number of rotatable bonds is 3. The largest absolute Gasteiger partial charge is 0.462 e. The zero-order chi connectivity index (χ0) is 18.1. The van der Waals surface area contributed by atoms with E-state index in [0.29, 0.717) is 11.6 Å². The molecule has 1 aliphatic rings. The number of benzene rings is 3. The third-order valence-electron chi connectivity index (χ3n) is 4.72. The van der Waals surface area contributed by atoms with Crippen molar-refractivity contribution in [1.82, 2.24) is 0 Å². The minimum Gasteiger partial charge on any atom is -0.462 e. The Morgan fingerprint density at radius 1 is 0.923 bits per heavy atom. The number of ether oxygens (including phenoxy) is 1. The van der Waals surface area contributed by atoms with E-state index in [-0.39, 0.29) is 6.02 Å². The van der Waals surface area contributed by atoms with Crippen molar-refractivity contribution >= 4 is 17.6 Å². The van der Waals surface area contributed by atoms with Crippen LogP contribution in [0.3, 0.4) is 0 Å². The van der Waals surface area contributed by atoms with E-state index in [1.54, 1.807) is 0 Å². The topological polar surface area (TPSA) is 47.6 Å². The molecule has 26 heavy (non-hydrogen) atoms. The highest BCUT2D eigenvalue weighted by Gasteiger charge is 2.40. The lowest BCUT2D eigenvalue weighted by Crippen LogP contribution is -2.27. The molecule has 1 aliphatic heterocycles. The summed E-state index contributed by atoms with van der Waals surface area (Å²) in [5.41, 5.74) is 10.7. The number of nitrogens with zero attached hydrogens (tertiary/aromatic N) is 1. The van der Waals surface area contributed by atoms with Crippen molar-refractivity contribution in [3.8, 4) is 11.1 Å². The Morgan fingerprint density at radius 2 is 1.58 bits per heavy atom. The lowest BCUT2D eigenvalue weighted by atomic mass is 9.82. The Balaban J connectivity index is 1.87. The molecule has 1 unspecified atom stereocenters. The minimum absolute atomic E-state index is 0.222. The van der Waals surface area contributed by atoms with Crippen LogP contribution in [0.1, 0.15) is 16.7 Å². The molecule has 3 aromatic rings.